The molecule has 0 saturated carbocycles. The number of para-hydroxylation sites is 1. The van der Waals surface area contributed by atoms with Crippen molar-refractivity contribution in [1.29, 1.82) is 0 Å². The van der Waals surface area contributed by atoms with Gasteiger partial charge in [-0.2, -0.15) is 0 Å². The molecule has 0 atom stereocenters. The van der Waals surface area contributed by atoms with Crippen LogP contribution in [0.25, 0.3) is 10.9 Å². The first kappa shape index (κ1) is 20.1. The molecular formula is C16H21N5O6. The summed E-state index contributed by atoms with van der Waals surface area (Å²) in [6.45, 7) is 1.58. The molecule has 0 spiro atoms. The first-order chi connectivity index (χ1) is 13.0. The number of anilines is 1. The summed E-state index contributed by atoms with van der Waals surface area (Å²) in [7, 11) is 0. The summed E-state index contributed by atoms with van der Waals surface area (Å²) in [5.41, 5.74) is 1.82. The van der Waals surface area contributed by atoms with Crippen LogP contribution in [0.1, 0.15) is 6.42 Å². The van der Waals surface area contributed by atoms with Gasteiger partial charge in [-0.25, -0.2) is 0 Å². The lowest BCUT2D eigenvalue weighted by Gasteiger charge is -2.21. The average molecular weight is 379 g/mol. The zero-order valence-corrected chi connectivity index (χ0v) is 14.7. The Kier molecular flexibility index (Phi) is 7.97. The van der Waals surface area contributed by atoms with E-state index in [0.717, 1.165) is 23.0 Å². The van der Waals surface area contributed by atoms with E-state index >= 15 is 0 Å². The largest absolute Gasteiger partial charge is 0.384 e. The number of hydrogen-bond donors (Lipinski definition) is 1. The summed E-state index contributed by atoms with van der Waals surface area (Å²) >= 11 is 0. The molecular weight excluding hydrogens is 358 g/mol. The highest BCUT2D eigenvalue weighted by molar-refractivity contribution is 5.81. The van der Waals surface area contributed by atoms with Gasteiger partial charge >= 0.3 is 0 Å². The second-order valence-electron chi connectivity index (χ2n) is 5.65. The van der Waals surface area contributed by atoms with Crippen molar-refractivity contribution < 1.29 is 19.8 Å². The SMILES string of the molecule is O=[N+]([O-])OCCN(CCCNc1cnc2ccccc2c1)CCO[N+](=O)[O-]. The van der Waals surface area contributed by atoms with Gasteiger partial charge in [0, 0.05) is 25.0 Å². The van der Waals surface area contributed by atoms with E-state index in [2.05, 4.69) is 20.0 Å². The Hall–Kier alpha value is -3.21. The van der Waals surface area contributed by atoms with Crippen LogP contribution in [-0.2, 0) is 9.68 Å². The fourth-order valence-electron chi connectivity index (χ4n) is 2.53. The summed E-state index contributed by atoms with van der Waals surface area (Å²) in [5, 5.41) is 23.0. The van der Waals surface area contributed by atoms with Crippen LogP contribution in [0.3, 0.4) is 0 Å². The topological polar surface area (TPSA) is 133 Å². The second-order valence-corrected chi connectivity index (χ2v) is 5.65. The van der Waals surface area contributed by atoms with Crippen molar-refractivity contribution in [2.45, 2.75) is 6.42 Å². The van der Waals surface area contributed by atoms with Crippen LogP contribution in [0.15, 0.2) is 36.5 Å². The zero-order valence-electron chi connectivity index (χ0n) is 14.7. The van der Waals surface area contributed by atoms with Gasteiger partial charge in [0.25, 0.3) is 10.2 Å². The highest BCUT2D eigenvalue weighted by Crippen LogP contribution is 2.15. The molecule has 146 valence electrons. The molecule has 0 unspecified atom stereocenters. The van der Waals surface area contributed by atoms with E-state index in [-0.39, 0.29) is 26.3 Å². The summed E-state index contributed by atoms with van der Waals surface area (Å²) < 4.78 is 0. The molecule has 1 heterocycles. The summed E-state index contributed by atoms with van der Waals surface area (Å²) in [4.78, 5) is 35.2. The van der Waals surface area contributed by atoms with Crippen molar-refractivity contribution >= 4 is 16.6 Å². The monoisotopic (exact) mass is 379 g/mol. The van der Waals surface area contributed by atoms with Gasteiger partial charge in [0.05, 0.1) is 17.4 Å². The van der Waals surface area contributed by atoms with Crippen LogP contribution in [0.2, 0.25) is 0 Å². The predicted molar refractivity (Wildman–Crippen MR) is 97.2 cm³/mol. The Bertz CT molecular complexity index is 739. The fraction of sp³-hybridized carbons (Fsp3) is 0.438. The molecule has 1 aromatic heterocycles. The van der Waals surface area contributed by atoms with E-state index in [1.54, 1.807) is 6.20 Å². The molecule has 0 aliphatic carbocycles. The number of nitrogens with zero attached hydrogens (tertiary/aromatic N) is 4. The number of benzene rings is 1. The Labute approximate surface area is 155 Å². The van der Waals surface area contributed by atoms with E-state index in [9.17, 15) is 20.2 Å². The van der Waals surface area contributed by atoms with Gasteiger partial charge in [-0.3, -0.25) is 9.88 Å². The molecule has 1 aromatic carbocycles. The lowest BCUT2D eigenvalue weighted by atomic mass is 10.2. The molecule has 27 heavy (non-hydrogen) atoms. The Morgan fingerprint density at radius 1 is 1.04 bits per heavy atom. The molecule has 0 radical (unpaired) electrons. The van der Waals surface area contributed by atoms with Crippen molar-refractivity contribution in [1.82, 2.24) is 9.88 Å². The maximum Gasteiger partial charge on any atom is 0.294 e. The van der Waals surface area contributed by atoms with Crippen LogP contribution in [0.4, 0.5) is 5.69 Å². The van der Waals surface area contributed by atoms with Crippen LogP contribution < -0.4 is 5.32 Å². The molecule has 0 aliphatic rings. The van der Waals surface area contributed by atoms with Gasteiger partial charge in [0.15, 0.2) is 0 Å². The normalized spacial score (nSPS) is 10.7. The molecule has 0 aliphatic heterocycles. The van der Waals surface area contributed by atoms with E-state index in [1.165, 1.54) is 0 Å². The standard InChI is InChI=1S/C16H21N5O6/c22-20(23)26-10-8-19(9-11-27-21(24)25)7-3-6-17-15-12-14-4-1-2-5-16(14)18-13-15/h1-2,4-5,12-13,17H,3,6-11H2. The Morgan fingerprint density at radius 2 is 1.70 bits per heavy atom. The number of aromatic nitrogens is 1. The highest BCUT2D eigenvalue weighted by Gasteiger charge is 2.08. The number of hydrogen-bond acceptors (Lipinski definition) is 9. The maximum absolute atomic E-state index is 10.2. The van der Waals surface area contributed by atoms with Crippen molar-refractivity contribution in [2.24, 2.45) is 0 Å². The van der Waals surface area contributed by atoms with Gasteiger partial charge in [-0.15, -0.1) is 20.2 Å². The van der Waals surface area contributed by atoms with Crippen LogP contribution in [0.5, 0.6) is 0 Å². The van der Waals surface area contributed by atoms with Gasteiger partial charge in [0.1, 0.15) is 13.2 Å². The summed E-state index contributed by atoms with van der Waals surface area (Å²) in [5.74, 6) is 0. The van der Waals surface area contributed by atoms with E-state index in [1.807, 2.05) is 35.2 Å². The molecule has 0 fully saturated rings. The summed E-state index contributed by atoms with van der Waals surface area (Å²) in [6.07, 6.45) is 2.49. The number of rotatable bonds is 13. The smallest absolute Gasteiger partial charge is 0.294 e. The van der Waals surface area contributed by atoms with Crippen LogP contribution in [-0.4, -0.2) is 59.4 Å². The number of fused-ring (bicyclic) bond motifs is 1. The third-order valence-corrected chi connectivity index (χ3v) is 3.78. The van der Waals surface area contributed by atoms with Crippen molar-refractivity contribution in [3.8, 4) is 0 Å². The second kappa shape index (κ2) is 10.7. The van der Waals surface area contributed by atoms with E-state index < -0.39 is 10.2 Å². The van der Waals surface area contributed by atoms with Crippen LogP contribution in [0, 0.1) is 20.2 Å². The lowest BCUT2D eigenvalue weighted by Crippen LogP contribution is -2.33. The molecule has 0 bridgehead atoms. The molecule has 2 aromatic rings. The minimum Gasteiger partial charge on any atom is -0.384 e. The fourth-order valence-corrected chi connectivity index (χ4v) is 2.53. The first-order valence-corrected chi connectivity index (χ1v) is 8.40. The van der Waals surface area contributed by atoms with Gasteiger partial charge < -0.3 is 15.0 Å². The minimum absolute atomic E-state index is 0.104. The minimum atomic E-state index is -0.861. The third kappa shape index (κ3) is 7.69. The average Bonchev–Trinajstić information content (AvgIpc) is 2.64. The molecule has 2 rings (SSSR count). The van der Waals surface area contributed by atoms with Crippen molar-refractivity contribution in [2.75, 3.05) is 44.7 Å². The first-order valence-electron chi connectivity index (χ1n) is 8.40. The van der Waals surface area contributed by atoms with E-state index in [4.69, 9.17) is 0 Å². The summed E-state index contributed by atoms with van der Waals surface area (Å²) in [6, 6.07) is 9.82. The third-order valence-electron chi connectivity index (χ3n) is 3.78. The predicted octanol–water partition coefficient (Wildman–Crippen LogP) is 1.76. The molecule has 0 amide bonds. The van der Waals surface area contributed by atoms with Crippen molar-refractivity contribution in [3.63, 3.8) is 0 Å². The molecule has 11 heteroatoms. The Balaban J connectivity index is 1.76. The lowest BCUT2D eigenvalue weighted by molar-refractivity contribution is -0.758. The molecule has 0 saturated heterocycles. The highest BCUT2D eigenvalue weighted by atomic mass is 17.0. The number of nitrogens with one attached hydrogen (secondary N) is 1. The van der Waals surface area contributed by atoms with Gasteiger partial charge in [0.2, 0.25) is 0 Å². The van der Waals surface area contributed by atoms with Crippen molar-refractivity contribution in [3.05, 3.63) is 56.8 Å². The maximum atomic E-state index is 10.2. The Morgan fingerprint density at radius 3 is 2.37 bits per heavy atom. The van der Waals surface area contributed by atoms with Gasteiger partial charge in [-0.05, 0) is 25.1 Å². The van der Waals surface area contributed by atoms with Crippen LogP contribution >= 0.6 is 0 Å². The number of pyridine rings is 1. The quantitative estimate of drug-likeness (QED) is 0.314. The molecule has 1 N–H and O–H groups in total. The van der Waals surface area contributed by atoms with Gasteiger partial charge in [-0.1, -0.05) is 18.2 Å². The van der Waals surface area contributed by atoms with E-state index in [0.29, 0.717) is 13.1 Å². The molecule has 11 nitrogen and oxygen atoms in total. The zero-order chi connectivity index (χ0) is 19.5.